The second-order valence-electron chi connectivity index (χ2n) is 4.27. The molecule has 2 fully saturated rings. The summed E-state index contributed by atoms with van der Waals surface area (Å²) in [5, 5.41) is 0. The van der Waals surface area contributed by atoms with Crippen LogP contribution in [0.3, 0.4) is 0 Å². The van der Waals surface area contributed by atoms with E-state index >= 15 is 0 Å². The van der Waals surface area contributed by atoms with Gasteiger partial charge in [0.1, 0.15) is 0 Å². The molecular formula is C11H18N2O. The Bertz CT molecular complexity index is 227. The molecule has 1 saturated carbocycles. The van der Waals surface area contributed by atoms with Gasteiger partial charge in [0.15, 0.2) is 0 Å². The molecule has 0 radical (unpaired) electrons. The number of amides is 1. The molecular weight excluding hydrogens is 176 g/mol. The Labute approximate surface area is 85.4 Å². The average molecular weight is 194 g/mol. The summed E-state index contributed by atoms with van der Waals surface area (Å²) in [6, 6.07) is 0. The first-order chi connectivity index (χ1) is 6.79. The Morgan fingerprint density at radius 2 is 1.93 bits per heavy atom. The van der Waals surface area contributed by atoms with E-state index in [-0.39, 0.29) is 5.91 Å². The number of hydrogen-bond acceptors (Lipinski definition) is 2. The van der Waals surface area contributed by atoms with E-state index in [2.05, 4.69) is 11.5 Å². The van der Waals surface area contributed by atoms with Crippen LogP contribution < -0.4 is 0 Å². The zero-order valence-electron chi connectivity index (χ0n) is 8.61. The highest BCUT2D eigenvalue weighted by Crippen LogP contribution is 2.29. The van der Waals surface area contributed by atoms with Crippen molar-refractivity contribution < 1.29 is 4.79 Å². The molecule has 1 amide bonds. The summed E-state index contributed by atoms with van der Waals surface area (Å²) in [6.07, 6.45) is 4.23. The van der Waals surface area contributed by atoms with Crippen molar-refractivity contribution in [1.29, 1.82) is 0 Å². The molecule has 2 rings (SSSR count). The Hall–Kier alpha value is -0.830. The van der Waals surface area contributed by atoms with Gasteiger partial charge in [-0.3, -0.25) is 9.69 Å². The molecule has 0 spiro atoms. The first-order valence-electron chi connectivity index (χ1n) is 5.43. The Morgan fingerprint density at radius 1 is 1.29 bits per heavy atom. The quantitative estimate of drug-likeness (QED) is 0.618. The van der Waals surface area contributed by atoms with Crippen LogP contribution in [0.5, 0.6) is 0 Å². The molecule has 3 heteroatoms. The topological polar surface area (TPSA) is 23.6 Å². The van der Waals surface area contributed by atoms with E-state index in [9.17, 15) is 4.79 Å². The van der Waals surface area contributed by atoms with Gasteiger partial charge in [-0.05, 0) is 24.8 Å². The van der Waals surface area contributed by atoms with Crippen molar-refractivity contribution in [3.8, 4) is 0 Å². The molecule has 0 unspecified atom stereocenters. The van der Waals surface area contributed by atoms with Gasteiger partial charge in [0, 0.05) is 32.7 Å². The van der Waals surface area contributed by atoms with Gasteiger partial charge in [0.25, 0.3) is 0 Å². The highest BCUT2D eigenvalue weighted by molar-refractivity contribution is 5.87. The molecule has 2 aliphatic rings. The van der Waals surface area contributed by atoms with Crippen molar-refractivity contribution in [2.24, 2.45) is 5.92 Å². The molecule has 0 aromatic heterocycles. The van der Waals surface area contributed by atoms with E-state index in [0.717, 1.165) is 32.1 Å². The summed E-state index contributed by atoms with van der Waals surface area (Å²) in [5.74, 6) is 1.03. The fourth-order valence-corrected chi connectivity index (χ4v) is 1.95. The van der Waals surface area contributed by atoms with Crippen LogP contribution in [0.25, 0.3) is 0 Å². The number of rotatable bonds is 3. The van der Waals surface area contributed by atoms with Crippen molar-refractivity contribution in [3.05, 3.63) is 12.7 Å². The average Bonchev–Trinajstić information content (AvgIpc) is 3.02. The molecule has 3 nitrogen and oxygen atoms in total. The first kappa shape index (κ1) is 9.71. The third kappa shape index (κ3) is 2.35. The molecule has 78 valence electrons. The lowest BCUT2D eigenvalue weighted by atomic mass is 10.2. The predicted molar refractivity (Wildman–Crippen MR) is 55.9 cm³/mol. The summed E-state index contributed by atoms with van der Waals surface area (Å²) in [6.45, 7) is 8.58. The third-order valence-corrected chi connectivity index (χ3v) is 3.07. The molecule has 1 heterocycles. The minimum absolute atomic E-state index is 0.0797. The van der Waals surface area contributed by atoms with Crippen LogP contribution >= 0.6 is 0 Å². The second-order valence-corrected chi connectivity index (χ2v) is 4.27. The molecule has 0 aromatic rings. The van der Waals surface area contributed by atoms with Gasteiger partial charge in [-0.2, -0.15) is 0 Å². The Kier molecular flexibility index (Phi) is 2.87. The highest BCUT2D eigenvalue weighted by Gasteiger charge is 2.26. The number of carbonyl (C=O) groups excluding carboxylic acids is 1. The summed E-state index contributed by atoms with van der Waals surface area (Å²) in [7, 11) is 0. The zero-order chi connectivity index (χ0) is 9.97. The minimum Gasteiger partial charge on any atom is -0.337 e. The normalized spacial score (nSPS) is 23.6. The van der Waals surface area contributed by atoms with Crippen LogP contribution in [-0.4, -0.2) is 48.4 Å². The van der Waals surface area contributed by atoms with Crippen LogP contribution in [0.2, 0.25) is 0 Å². The smallest absolute Gasteiger partial charge is 0.246 e. The Balaban J connectivity index is 1.73. The summed E-state index contributed by atoms with van der Waals surface area (Å²) in [4.78, 5) is 15.7. The maximum absolute atomic E-state index is 11.3. The van der Waals surface area contributed by atoms with Crippen LogP contribution in [0.4, 0.5) is 0 Å². The monoisotopic (exact) mass is 194 g/mol. The van der Waals surface area contributed by atoms with Gasteiger partial charge in [-0.25, -0.2) is 0 Å². The molecule has 0 aromatic carbocycles. The van der Waals surface area contributed by atoms with Gasteiger partial charge in [-0.1, -0.05) is 6.58 Å². The third-order valence-electron chi connectivity index (χ3n) is 3.07. The van der Waals surface area contributed by atoms with E-state index in [0.29, 0.717) is 0 Å². The zero-order valence-corrected chi connectivity index (χ0v) is 8.61. The molecule has 0 N–H and O–H groups in total. The molecule has 0 bridgehead atoms. The summed E-state index contributed by atoms with van der Waals surface area (Å²) in [5.41, 5.74) is 0. The van der Waals surface area contributed by atoms with Crippen LogP contribution in [0, 0.1) is 5.92 Å². The lowest BCUT2D eigenvalue weighted by Crippen LogP contribution is -2.48. The predicted octanol–water partition coefficient (Wildman–Crippen LogP) is 0.727. The maximum Gasteiger partial charge on any atom is 0.246 e. The number of nitrogens with zero attached hydrogens (tertiary/aromatic N) is 2. The van der Waals surface area contributed by atoms with Crippen molar-refractivity contribution in [2.75, 3.05) is 32.7 Å². The number of hydrogen-bond donors (Lipinski definition) is 0. The SMILES string of the molecule is C=CC(=O)N1CCN(CC2CC2)CC1. The fraction of sp³-hybridized carbons (Fsp3) is 0.727. The number of carbonyl (C=O) groups is 1. The minimum atomic E-state index is 0.0797. The summed E-state index contributed by atoms with van der Waals surface area (Å²) < 4.78 is 0. The van der Waals surface area contributed by atoms with Crippen LogP contribution in [0.1, 0.15) is 12.8 Å². The largest absolute Gasteiger partial charge is 0.337 e. The summed E-state index contributed by atoms with van der Waals surface area (Å²) >= 11 is 0. The standard InChI is InChI=1S/C11H18N2O/c1-2-11(14)13-7-5-12(6-8-13)9-10-3-4-10/h2,10H,1,3-9H2. The molecule has 0 atom stereocenters. The van der Waals surface area contributed by atoms with Crippen LogP contribution in [0.15, 0.2) is 12.7 Å². The van der Waals surface area contributed by atoms with Gasteiger partial charge in [-0.15, -0.1) is 0 Å². The van der Waals surface area contributed by atoms with Gasteiger partial charge >= 0.3 is 0 Å². The fourth-order valence-electron chi connectivity index (χ4n) is 1.95. The van der Waals surface area contributed by atoms with Crippen molar-refractivity contribution in [1.82, 2.24) is 9.80 Å². The van der Waals surface area contributed by atoms with Crippen molar-refractivity contribution in [2.45, 2.75) is 12.8 Å². The van der Waals surface area contributed by atoms with Gasteiger partial charge in [0.05, 0.1) is 0 Å². The van der Waals surface area contributed by atoms with Crippen molar-refractivity contribution in [3.63, 3.8) is 0 Å². The molecule has 1 aliphatic carbocycles. The second kappa shape index (κ2) is 4.13. The molecule has 1 saturated heterocycles. The highest BCUT2D eigenvalue weighted by atomic mass is 16.2. The molecule has 14 heavy (non-hydrogen) atoms. The first-order valence-corrected chi connectivity index (χ1v) is 5.43. The van der Waals surface area contributed by atoms with E-state index in [1.54, 1.807) is 0 Å². The van der Waals surface area contributed by atoms with Gasteiger partial charge in [0.2, 0.25) is 5.91 Å². The van der Waals surface area contributed by atoms with E-state index in [1.165, 1.54) is 25.5 Å². The van der Waals surface area contributed by atoms with E-state index in [4.69, 9.17) is 0 Å². The van der Waals surface area contributed by atoms with Gasteiger partial charge < -0.3 is 4.90 Å². The van der Waals surface area contributed by atoms with E-state index < -0.39 is 0 Å². The van der Waals surface area contributed by atoms with E-state index in [1.807, 2.05) is 4.90 Å². The number of piperazine rings is 1. The Morgan fingerprint density at radius 3 is 2.43 bits per heavy atom. The lowest BCUT2D eigenvalue weighted by Gasteiger charge is -2.34. The molecule has 1 aliphatic heterocycles. The van der Waals surface area contributed by atoms with Crippen LogP contribution in [-0.2, 0) is 4.79 Å². The maximum atomic E-state index is 11.3. The van der Waals surface area contributed by atoms with Crippen molar-refractivity contribution >= 4 is 5.91 Å². The lowest BCUT2D eigenvalue weighted by molar-refractivity contribution is -0.127.